The maximum atomic E-state index is 9.03. The van der Waals surface area contributed by atoms with Crippen LogP contribution < -0.4 is 14.4 Å². The highest BCUT2D eigenvalue weighted by atomic mass is 16.5. The largest absolute Gasteiger partial charge is 0.497 e. The lowest BCUT2D eigenvalue weighted by Gasteiger charge is -2.30. The van der Waals surface area contributed by atoms with Gasteiger partial charge in [-0.3, -0.25) is 0 Å². The first-order valence-corrected chi connectivity index (χ1v) is 11.5. The quantitative estimate of drug-likeness (QED) is 0.700. The standard InChI is InChI=1S/C26H33N3O2/c1-28-18-22-16-24(31-15-3-12-29-13-10-20(17-27)11-14-29)8-9-25(22)26(19-28)21-4-6-23(30-2)7-5-21/h4-9,16,20,26H,3,10-15,18-19H2,1-2H3/p+1. The number of fused-ring (bicyclic) bond motifs is 1. The minimum Gasteiger partial charge on any atom is -0.497 e. The van der Waals surface area contributed by atoms with Crippen molar-refractivity contribution in [3.05, 3.63) is 59.2 Å². The van der Waals surface area contributed by atoms with Crippen molar-refractivity contribution < 1.29 is 14.4 Å². The first kappa shape index (κ1) is 21.7. The van der Waals surface area contributed by atoms with E-state index in [0.29, 0.717) is 5.92 Å². The van der Waals surface area contributed by atoms with E-state index in [1.165, 1.54) is 21.6 Å². The Labute approximate surface area is 186 Å². The molecule has 5 nitrogen and oxygen atoms in total. The van der Waals surface area contributed by atoms with Crippen LogP contribution >= 0.6 is 0 Å². The van der Waals surface area contributed by atoms with Crippen molar-refractivity contribution in [1.82, 2.24) is 4.90 Å². The Bertz CT molecular complexity index is 898. The Morgan fingerprint density at radius 3 is 2.55 bits per heavy atom. The average molecular weight is 421 g/mol. The van der Waals surface area contributed by atoms with E-state index in [4.69, 9.17) is 14.7 Å². The van der Waals surface area contributed by atoms with Gasteiger partial charge in [0.05, 0.1) is 39.3 Å². The average Bonchev–Trinajstić information content (AvgIpc) is 2.81. The summed E-state index contributed by atoms with van der Waals surface area (Å²) in [6, 6.07) is 17.5. The fourth-order valence-corrected chi connectivity index (χ4v) is 4.92. The van der Waals surface area contributed by atoms with Crippen LogP contribution in [0.4, 0.5) is 0 Å². The Morgan fingerprint density at radius 2 is 1.84 bits per heavy atom. The van der Waals surface area contributed by atoms with Crippen molar-refractivity contribution >= 4 is 0 Å². The van der Waals surface area contributed by atoms with E-state index in [-0.39, 0.29) is 5.92 Å². The van der Waals surface area contributed by atoms with Crippen molar-refractivity contribution in [3.63, 3.8) is 0 Å². The molecule has 2 heterocycles. The molecule has 1 fully saturated rings. The molecule has 0 aromatic heterocycles. The van der Waals surface area contributed by atoms with E-state index in [9.17, 15) is 0 Å². The van der Waals surface area contributed by atoms with Crippen LogP contribution in [0.1, 0.15) is 41.9 Å². The molecule has 2 unspecified atom stereocenters. The molecule has 0 amide bonds. The third-order valence-corrected chi connectivity index (χ3v) is 6.71. The summed E-state index contributed by atoms with van der Waals surface area (Å²) in [4.78, 5) is 3.98. The summed E-state index contributed by atoms with van der Waals surface area (Å²) in [6.45, 7) is 6.00. The van der Waals surface area contributed by atoms with Crippen LogP contribution in [0, 0.1) is 17.2 Å². The fraction of sp³-hybridized carbons (Fsp3) is 0.500. The first-order valence-electron chi connectivity index (χ1n) is 11.5. The molecule has 31 heavy (non-hydrogen) atoms. The zero-order valence-electron chi connectivity index (χ0n) is 18.8. The minimum atomic E-state index is 0.255. The van der Waals surface area contributed by atoms with E-state index in [1.807, 2.05) is 0 Å². The van der Waals surface area contributed by atoms with Crippen LogP contribution in [0.5, 0.6) is 11.5 Å². The Kier molecular flexibility index (Phi) is 7.11. The summed E-state index contributed by atoms with van der Waals surface area (Å²) in [5.74, 6) is 2.54. The molecule has 2 aliphatic rings. The van der Waals surface area contributed by atoms with Gasteiger partial charge in [-0.1, -0.05) is 18.2 Å². The Hall–Kier alpha value is -2.55. The van der Waals surface area contributed by atoms with Crippen molar-refractivity contribution in [2.24, 2.45) is 5.92 Å². The second-order valence-electron chi connectivity index (χ2n) is 8.97. The molecule has 1 saturated heterocycles. The van der Waals surface area contributed by atoms with Crippen molar-refractivity contribution in [2.75, 3.05) is 46.9 Å². The van der Waals surface area contributed by atoms with Crippen LogP contribution in [0.15, 0.2) is 42.5 Å². The highest BCUT2D eigenvalue weighted by molar-refractivity contribution is 5.44. The van der Waals surface area contributed by atoms with Gasteiger partial charge < -0.3 is 19.3 Å². The highest BCUT2D eigenvalue weighted by Crippen LogP contribution is 2.32. The van der Waals surface area contributed by atoms with Crippen LogP contribution in [-0.4, -0.2) is 51.8 Å². The lowest BCUT2D eigenvalue weighted by Crippen LogP contribution is -3.09. The second-order valence-corrected chi connectivity index (χ2v) is 8.97. The molecule has 2 aromatic carbocycles. The molecular weight excluding hydrogens is 386 g/mol. The number of likely N-dealkylation sites (tertiary alicyclic amines) is 1. The predicted octanol–water partition coefficient (Wildman–Crippen LogP) is 2.86. The molecule has 1 N–H and O–H groups in total. The molecule has 0 aliphatic carbocycles. The van der Waals surface area contributed by atoms with Crippen LogP contribution in [-0.2, 0) is 6.54 Å². The number of likely N-dealkylation sites (N-methyl/N-ethyl adjacent to an activating group) is 1. The molecule has 0 saturated carbocycles. The van der Waals surface area contributed by atoms with Gasteiger partial charge in [-0.25, -0.2) is 0 Å². The summed E-state index contributed by atoms with van der Waals surface area (Å²) in [7, 11) is 3.98. The van der Waals surface area contributed by atoms with Gasteiger partial charge in [0.25, 0.3) is 0 Å². The SMILES string of the molecule is COc1ccc(C2C[NH+](C)Cc3cc(OCCCN4CCC(C#N)CC4)ccc32)cc1. The summed E-state index contributed by atoms with van der Waals surface area (Å²) >= 11 is 0. The number of methoxy groups -OCH3 is 1. The molecule has 0 bridgehead atoms. The molecule has 5 heteroatoms. The number of benzene rings is 2. The maximum Gasteiger partial charge on any atom is 0.119 e. The first-order chi connectivity index (χ1) is 15.2. The topological polar surface area (TPSA) is 49.9 Å². The lowest BCUT2D eigenvalue weighted by atomic mass is 9.84. The molecule has 4 rings (SSSR count). The molecule has 2 atom stereocenters. The van der Waals surface area contributed by atoms with Crippen molar-refractivity contribution in [3.8, 4) is 17.6 Å². The van der Waals surface area contributed by atoms with Crippen LogP contribution in [0.2, 0.25) is 0 Å². The zero-order chi connectivity index (χ0) is 21.6. The molecule has 0 radical (unpaired) electrons. The number of rotatable bonds is 7. The van der Waals surface area contributed by atoms with Gasteiger partial charge >= 0.3 is 0 Å². The normalized spacial score (nSPS) is 21.8. The van der Waals surface area contributed by atoms with Crippen molar-refractivity contribution in [1.29, 1.82) is 5.26 Å². The zero-order valence-corrected chi connectivity index (χ0v) is 18.8. The van der Waals surface area contributed by atoms with E-state index in [0.717, 1.165) is 70.1 Å². The number of piperidine rings is 1. The van der Waals surface area contributed by atoms with E-state index >= 15 is 0 Å². The van der Waals surface area contributed by atoms with Gasteiger partial charge in [0.1, 0.15) is 18.0 Å². The predicted molar refractivity (Wildman–Crippen MR) is 122 cm³/mol. The minimum absolute atomic E-state index is 0.255. The summed E-state index contributed by atoms with van der Waals surface area (Å²) in [5.41, 5.74) is 4.15. The Balaban J connectivity index is 1.34. The van der Waals surface area contributed by atoms with Gasteiger partial charge in [-0.15, -0.1) is 0 Å². The number of nitrogens with zero attached hydrogens (tertiary/aromatic N) is 2. The maximum absolute atomic E-state index is 9.03. The van der Waals surface area contributed by atoms with E-state index in [2.05, 4.69) is 60.5 Å². The van der Waals surface area contributed by atoms with Crippen LogP contribution in [0.3, 0.4) is 0 Å². The van der Waals surface area contributed by atoms with Gasteiger partial charge in [-0.2, -0.15) is 5.26 Å². The third-order valence-electron chi connectivity index (χ3n) is 6.71. The monoisotopic (exact) mass is 420 g/mol. The van der Waals surface area contributed by atoms with Gasteiger partial charge in [0, 0.05) is 18.0 Å². The molecular formula is C26H34N3O2+. The van der Waals surface area contributed by atoms with E-state index in [1.54, 1.807) is 7.11 Å². The number of hydrogen-bond acceptors (Lipinski definition) is 4. The van der Waals surface area contributed by atoms with Crippen molar-refractivity contribution in [2.45, 2.75) is 31.7 Å². The van der Waals surface area contributed by atoms with E-state index < -0.39 is 0 Å². The number of ether oxygens (including phenoxy) is 2. The van der Waals surface area contributed by atoms with Crippen LogP contribution in [0.25, 0.3) is 0 Å². The summed E-state index contributed by atoms with van der Waals surface area (Å²) < 4.78 is 11.4. The number of nitriles is 1. The lowest BCUT2D eigenvalue weighted by molar-refractivity contribution is -0.897. The molecule has 164 valence electrons. The van der Waals surface area contributed by atoms with Gasteiger partial charge in [0.15, 0.2) is 0 Å². The second kappa shape index (κ2) is 10.2. The Morgan fingerprint density at radius 1 is 1.10 bits per heavy atom. The number of quaternary nitrogens is 1. The summed E-state index contributed by atoms with van der Waals surface area (Å²) in [6.07, 6.45) is 3.04. The number of hydrogen-bond donors (Lipinski definition) is 1. The molecule has 2 aromatic rings. The highest BCUT2D eigenvalue weighted by Gasteiger charge is 2.28. The van der Waals surface area contributed by atoms with Gasteiger partial charge in [-0.05, 0) is 67.7 Å². The third kappa shape index (κ3) is 5.39. The van der Waals surface area contributed by atoms with Gasteiger partial charge in [0.2, 0.25) is 0 Å². The number of nitrogens with one attached hydrogen (secondary N) is 1. The smallest absolute Gasteiger partial charge is 0.119 e. The summed E-state index contributed by atoms with van der Waals surface area (Å²) in [5, 5.41) is 9.03. The fourth-order valence-electron chi connectivity index (χ4n) is 4.92. The molecule has 2 aliphatic heterocycles. The molecule has 0 spiro atoms.